The second-order valence-corrected chi connectivity index (χ2v) is 5.75. The van der Waals surface area contributed by atoms with E-state index in [2.05, 4.69) is 22.3 Å². The van der Waals surface area contributed by atoms with Crippen molar-refractivity contribution >= 4 is 5.91 Å². The molecule has 1 fully saturated rings. The zero-order valence-electron chi connectivity index (χ0n) is 12.9. The number of hydrogen-bond donors (Lipinski definition) is 1. The number of nitrogens with zero attached hydrogens (tertiary/aromatic N) is 4. The first-order valence-electron chi connectivity index (χ1n) is 7.59. The van der Waals surface area contributed by atoms with Crippen molar-refractivity contribution in [1.82, 2.24) is 25.0 Å². The van der Waals surface area contributed by atoms with Crippen LogP contribution in [0.25, 0.3) is 5.69 Å². The number of benzene rings is 1. The van der Waals surface area contributed by atoms with Crippen LogP contribution in [-0.4, -0.2) is 45.7 Å². The lowest BCUT2D eigenvalue weighted by atomic mass is 10.0. The molecule has 0 aliphatic carbocycles. The van der Waals surface area contributed by atoms with E-state index in [1.165, 1.54) is 6.33 Å². The van der Waals surface area contributed by atoms with Crippen molar-refractivity contribution in [3.05, 3.63) is 42.5 Å². The first kappa shape index (κ1) is 14.7. The molecule has 6 heteroatoms. The number of aromatic nitrogens is 3. The van der Waals surface area contributed by atoms with Gasteiger partial charge in [0.2, 0.25) is 5.91 Å². The predicted octanol–water partition coefficient (Wildman–Crippen LogP) is 1.40. The van der Waals surface area contributed by atoms with Gasteiger partial charge in [-0.3, -0.25) is 4.79 Å². The predicted molar refractivity (Wildman–Crippen MR) is 83.5 cm³/mol. The second kappa shape index (κ2) is 6.27. The van der Waals surface area contributed by atoms with Crippen molar-refractivity contribution in [2.75, 3.05) is 20.1 Å². The van der Waals surface area contributed by atoms with Crippen LogP contribution in [0.15, 0.2) is 36.9 Å². The quantitative estimate of drug-likeness (QED) is 0.927. The molecule has 1 aromatic carbocycles. The van der Waals surface area contributed by atoms with Gasteiger partial charge in [0.25, 0.3) is 0 Å². The Morgan fingerprint density at radius 2 is 2.18 bits per heavy atom. The fourth-order valence-electron chi connectivity index (χ4n) is 2.82. The summed E-state index contributed by atoms with van der Waals surface area (Å²) in [6, 6.07) is 8.13. The molecule has 0 radical (unpaired) electrons. The molecular weight excluding hydrogens is 278 g/mol. The van der Waals surface area contributed by atoms with E-state index in [0.29, 0.717) is 0 Å². The smallest absolute Gasteiger partial charge is 0.227 e. The van der Waals surface area contributed by atoms with Crippen molar-refractivity contribution in [3.63, 3.8) is 0 Å². The summed E-state index contributed by atoms with van der Waals surface area (Å²) in [4.78, 5) is 18.3. The van der Waals surface area contributed by atoms with Crippen molar-refractivity contribution in [1.29, 1.82) is 0 Å². The summed E-state index contributed by atoms with van der Waals surface area (Å²) in [6.07, 6.45) is 4.11. The molecule has 1 aliphatic heterocycles. The highest BCUT2D eigenvalue weighted by Gasteiger charge is 2.27. The Morgan fingerprint density at radius 1 is 1.41 bits per heavy atom. The lowest BCUT2D eigenvalue weighted by Crippen LogP contribution is -2.35. The molecule has 2 atom stereocenters. The number of hydrogen-bond acceptors (Lipinski definition) is 4. The molecule has 2 aromatic rings. The van der Waals surface area contributed by atoms with Gasteiger partial charge in [-0.15, -0.1) is 0 Å². The first-order valence-corrected chi connectivity index (χ1v) is 7.59. The van der Waals surface area contributed by atoms with Crippen LogP contribution in [-0.2, 0) is 4.79 Å². The van der Waals surface area contributed by atoms with Crippen LogP contribution in [0.4, 0.5) is 0 Å². The third-order valence-corrected chi connectivity index (χ3v) is 4.40. The Kier molecular flexibility index (Phi) is 4.20. The molecule has 0 bridgehead atoms. The largest absolute Gasteiger partial charge is 0.339 e. The highest BCUT2D eigenvalue weighted by atomic mass is 16.2. The van der Waals surface area contributed by atoms with E-state index in [4.69, 9.17) is 0 Å². The minimum Gasteiger partial charge on any atom is -0.339 e. The summed E-state index contributed by atoms with van der Waals surface area (Å²) in [5.74, 6) is 0.333. The summed E-state index contributed by atoms with van der Waals surface area (Å²) >= 11 is 0. The normalized spacial score (nSPS) is 19.1. The van der Waals surface area contributed by atoms with Crippen LogP contribution in [0.3, 0.4) is 0 Å². The Labute approximate surface area is 130 Å². The fourth-order valence-corrected chi connectivity index (χ4v) is 2.82. The highest BCUT2D eigenvalue weighted by Crippen LogP contribution is 2.23. The van der Waals surface area contributed by atoms with E-state index in [1.807, 2.05) is 36.2 Å². The van der Waals surface area contributed by atoms with Crippen molar-refractivity contribution in [3.8, 4) is 5.69 Å². The summed E-state index contributed by atoms with van der Waals surface area (Å²) < 4.78 is 1.72. The number of nitrogens with one attached hydrogen (secondary N) is 1. The second-order valence-electron chi connectivity index (χ2n) is 5.75. The summed E-state index contributed by atoms with van der Waals surface area (Å²) in [7, 11) is 1.89. The molecule has 2 unspecified atom stereocenters. The lowest BCUT2D eigenvalue weighted by Gasteiger charge is -2.27. The molecule has 1 aromatic heterocycles. The van der Waals surface area contributed by atoms with E-state index >= 15 is 0 Å². The maximum absolute atomic E-state index is 12.5. The van der Waals surface area contributed by atoms with Crippen LogP contribution in [0, 0.1) is 5.92 Å². The Morgan fingerprint density at radius 3 is 2.77 bits per heavy atom. The van der Waals surface area contributed by atoms with Gasteiger partial charge in [-0.1, -0.05) is 12.1 Å². The first-order chi connectivity index (χ1) is 10.7. The molecule has 22 heavy (non-hydrogen) atoms. The minimum atomic E-state index is 0.0536. The van der Waals surface area contributed by atoms with Crippen LogP contribution in [0.1, 0.15) is 24.9 Å². The maximum Gasteiger partial charge on any atom is 0.227 e. The van der Waals surface area contributed by atoms with Crippen LogP contribution < -0.4 is 5.32 Å². The van der Waals surface area contributed by atoms with Crippen molar-refractivity contribution in [2.24, 2.45) is 5.92 Å². The van der Waals surface area contributed by atoms with Gasteiger partial charge in [0, 0.05) is 13.6 Å². The van der Waals surface area contributed by atoms with Gasteiger partial charge in [-0.2, -0.15) is 5.10 Å². The van der Waals surface area contributed by atoms with Gasteiger partial charge in [-0.25, -0.2) is 9.67 Å². The number of rotatable bonds is 4. The van der Waals surface area contributed by atoms with E-state index in [0.717, 1.165) is 30.8 Å². The Bertz CT molecular complexity index is 616. The molecule has 1 saturated heterocycles. The zero-order valence-corrected chi connectivity index (χ0v) is 12.9. The van der Waals surface area contributed by atoms with Crippen molar-refractivity contribution in [2.45, 2.75) is 19.4 Å². The Balaban J connectivity index is 1.71. The monoisotopic (exact) mass is 299 g/mol. The molecule has 1 aliphatic rings. The summed E-state index contributed by atoms with van der Waals surface area (Å²) in [6.45, 7) is 3.79. The summed E-state index contributed by atoms with van der Waals surface area (Å²) in [5, 5.41) is 7.36. The van der Waals surface area contributed by atoms with E-state index in [1.54, 1.807) is 11.0 Å². The number of carbonyl (C=O) groups excluding carboxylic acids is 1. The average molecular weight is 299 g/mol. The van der Waals surface area contributed by atoms with Gasteiger partial charge < -0.3 is 10.2 Å². The molecule has 116 valence electrons. The molecule has 3 rings (SSSR count). The lowest BCUT2D eigenvalue weighted by molar-refractivity contribution is -0.135. The van der Waals surface area contributed by atoms with Gasteiger partial charge >= 0.3 is 0 Å². The highest BCUT2D eigenvalue weighted by molar-refractivity contribution is 5.79. The topological polar surface area (TPSA) is 63.1 Å². The third kappa shape index (κ3) is 2.87. The molecule has 2 heterocycles. The van der Waals surface area contributed by atoms with Crippen LogP contribution in [0.2, 0.25) is 0 Å². The molecular formula is C16H21N5O. The van der Waals surface area contributed by atoms with Crippen LogP contribution in [0.5, 0.6) is 0 Å². The molecule has 6 nitrogen and oxygen atoms in total. The average Bonchev–Trinajstić information content (AvgIpc) is 3.26. The van der Waals surface area contributed by atoms with Crippen molar-refractivity contribution < 1.29 is 4.79 Å². The zero-order chi connectivity index (χ0) is 15.5. The van der Waals surface area contributed by atoms with Crippen LogP contribution >= 0.6 is 0 Å². The van der Waals surface area contributed by atoms with Gasteiger partial charge in [0.15, 0.2) is 0 Å². The van der Waals surface area contributed by atoms with E-state index in [9.17, 15) is 4.79 Å². The molecule has 1 amide bonds. The summed E-state index contributed by atoms with van der Waals surface area (Å²) in [5.41, 5.74) is 2.08. The third-order valence-electron chi connectivity index (χ3n) is 4.40. The van der Waals surface area contributed by atoms with Gasteiger partial charge in [0.1, 0.15) is 12.7 Å². The standard InChI is InChI=1S/C16H21N5O/c1-12(20(2)16(22)14-7-8-17-9-14)13-3-5-15(6-4-13)21-11-18-10-19-21/h3-6,10-12,14,17H,7-9H2,1-2H3. The molecule has 0 spiro atoms. The van der Waals surface area contributed by atoms with E-state index < -0.39 is 0 Å². The SMILES string of the molecule is CC(c1ccc(-n2cncn2)cc1)N(C)C(=O)C1CCNC1. The minimum absolute atomic E-state index is 0.0536. The number of amides is 1. The fraction of sp³-hybridized carbons (Fsp3) is 0.438. The molecule has 1 N–H and O–H groups in total. The number of carbonyl (C=O) groups is 1. The molecule has 0 saturated carbocycles. The van der Waals surface area contributed by atoms with Gasteiger partial charge in [-0.05, 0) is 37.6 Å². The maximum atomic E-state index is 12.5. The van der Waals surface area contributed by atoms with E-state index in [-0.39, 0.29) is 17.9 Å². The van der Waals surface area contributed by atoms with Gasteiger partial charge in [0.05, 0.1) is 17.6 Å². The Hall–Kier alpha value is -2.21.